The van der Waals surface area contributed by atoms with Crippen molar-refractivity contribution in [2.24, 2.45) is 5.41 Å². The van der Waals surface area contributed by atoms with Gasteiger partial charge in [-0.1, -0.05) is 26.8 Å². The van der Waals surface area contributed by atoms with Crippen LogP contribution >= 0.6 is 23.1 Å². The summed E-state index contributed by atoms with van der Waals surface area (Å²) < 4.78 is 10.5. The first-order valence-electron chi connectivity index (χ1n) is 13.1. The van der Waals surface area contributed by atoms with Crippen LogP contribution in [0.15, 0.2) is 29.2 Å². The smallest absolute Gasteiger partial charge is 0.410 e. The van der Waals surface area contributed by atoms with Gasteiger partial charge in [0.1, 0.15) is 10.6 Å². The van der Waals surface area contributed by atoms with Crippen LogP contribution in [0.1, 0.15) is 75.7 Å². The molecule has 1 aromatic heterocycles. The highest BCUT2D eigenvalue weighted by Crippen LogP contribution is 2.38. The second kappa shape index (κ2) is 12.6. The lowest BCUT2D eigenvalue weighted by atomic mass is 9.92. The number of carbonyl (C=O) groups is 4. The number of hydrogen-bond acceptors (Lipinski definition) is 8. The Kier molecular flexibility index (Phi) is 9.94. The minimum absolute atomic E-state index is 0.0670. The number of nitrogens with one attached hydrogen (secondary N) is 2. The summed E-state index contributed by atoms with van der Waals surface area (Å²) in [4.78, 5) is 54.1. The highest BCUT2D eigenvalue weighted by Gasteiger charge is 2.33. The Labute approximate surface area is 244 Å². The first-order chi connectivity index (χ1) is 18.6. The lowest BCUT2D eigenvalue weighted by molar-refractivity contribution is -0.118. The van der Waals surface area contributed by atoms with Crippen molar-refractivity contribution in [1.29, 1.82) is 0 Å². The number of fused-ring (bicyclic) bond motifs is 1. The van der Waals surface area contributed by atoms with E-state index in [1.54, 1.807) is 11.8 Å². The summed E-state index contributed by atoms with van der Waals surface area (Å²) in [6, 6.07) is 7.36. The number of methoxy groups -OCH3 is 1. The number of benzene rings is 1. The molecule has 218 valence electrons. The van der Waals surface area contributed by atoms with Crippen LogP contribution < -0.4 is 10.6 Å². The molecule has 1 aliphatic rings. The van der Waals surface area contributed by atoms with Crippen molar-refractivity contribution < 1.29 is 28.7 Å². The topological polar surface area (TPSA) is 114 Å². The van der Waals surface area contributed by atoms with E-state index in [1.807, 2.05) is 65.8 Å². The zero-order valence-electron chi connectivity index (χ0n) is 24.4. The van der Waals surface area contributed by atoms with E-state index in [1.165, 1.54) is 30.2 Å². The van der Waals surface area contributed by atoms with Gasteiger partial charge in [0.15, 0.2) is 0 Å². The number of hydrogen-bond donors (Lipinski definition) is 2. The van der Waals surface area contributed by atoms with E-state index in [4.69, 9.17) is 9.47 Å². The molecular weight excluding hydrogens is 550 g/mol. The molecule has 0 saturated heterocycles. The molecule has 0 saturated carbocycles. The molecule has 40 heavy (non-hydrogen) atoms. The van der Waals surface area contributed by atoms with E-state index >= 15 is 0 Å². The van der Waals surface area contributed by atoms with E-state index in [0.29, 0.717) is 35.6 Å². The fourth-order valence-corrected chi connectivity index (χ4v) is 6.28. The molecule has 0 aliphatic carbocycles. The number of anilines is 2. The van der Waals surface area contributed by atoms with Gasteiger partial charge in [0.25, 0.3) is 0 Å². The fraction of sp³-hybridized carbons (Fsp3) is 0.517. The van der Waals surface area contributed by atoms with Crippen LogP contribution in [0.25, 0.3) is 0 Å². The number of esters is 1. The molecule has 1 aliphatic heterocycles. The molecule has 11 heteroatoms. The third-order valence-corrected chi connectivity index (χ3v) is 8.05. The van der Waals surface area contributed by atoms with Crippen LogP contribution in [0.3, 0.4) is 0 Å². The van der Waals surface area contributed by atoms with E-state index < -0.39 is 22.9 Å². The maximum Gasteiger partial charge on any atom is 0.410 e. The fourth-order valence-electron chi connectivity index (χ4n) is 4.10. The Balaban J connectivity index is 1.72. The average molecular weight is 590 g/mol. The molecule has 3 rings (SSSR count). The summed E-state index contributed by atoms with van der Waals surface area (Å²) in [6.07, 6.45) is 0.425. The average Bonchev–Trinajstić information content (AvgIpc) is 3.18. The van der Waals surface area contributed by atoms with Crippen LogP contribution in [0.5, 0.6) is 0 Å². The molecule has 1 atom stereocenters. The van der Waals surface area contributed by atoms with Gasteiger partial charge in [-0.25, -0.2) is 9.59 Å². The molecule has 0 bridgehead atoms. The Hall–Kier alpha value is -3.05. The van der Waals surface area contributed by atoms with E-state index in [2.05, 4.69) is 10.6 Å². The molecule has 9 nitrogen and oxygen atoms in total. The van der Waals surface area contributed by atoms with Crippen LogP contribution in [-0.4, -0.2) is 53.3 Å². The molecule has 3 amide bonds. The van der Waals surface area contributed by atoms with Crippen molar-refractivity contribution in [3.63, 3.8) is 0 Å². The Morgan fingerprint density at radius 2 is 1.80 bits per heavy atom. The number of carbonyl (C=O) groups excluding carboxylic acids is 4. The molecule has 2 N–H and O–H groups in total. The zero-order valence-corrected chi connectivity index (χ0v) is 26.1. The monoisotopic (exact) mass is 589 g/mol. The maximum atomic E-state index is 13.2. The highest BCUT2D eigenvalue weighted by atomic mass is 32.2. The number of nitrogens with zero attached hydrogens (tertiary/aromatic N) is 1. The lowest BCUT2D eigenvalue weighted by Crippen LogP contribution is -2.39. The van der Waals surface area contributed by atoms with Crippen molar-refractivity contribution in [3.05, 3.63) is 40.3 Å². The second-order valence-corrected chi connectivity index (χ2v) is 14.4. The van der Waals surface area contributed by atoms with Gasteiger partial charge in [-0.15, -0.1) is 23.1 Å². The quantitative estimate of drug-likeness (QED) is 0.287. The predicted octanol–water partition coefficient (Wildman–Crippen LogP) is 6.32. The first-order valence-corrected chi connectivity index (χ1v) is 14.8. The van der Waals surface area contributed by atoms with Gasteiger partial charge in [0.05, 0.1) is 24.5 Å². The molecular formula is C29H39N3O6S2. The largest absolute Gasteiger partial charge is 0.465 e. The van der Waals surface area contributed by atoms with Crippen LogP contribution in [-0.2, 0) is 32.0 Å². The molecule has 0 fully saturated rings. The minimum atomic E-state index is -0.617. The summed E-state index contributed by atoms with van der Waals surface area (Å²) in [5, 5.41) is 5.74. The predicted molar refractivity (Wildman–Crippen MR) is 159 cm³/mol. The van der Waals surface area contributed by atoms with Gasteiger partial charge in [-0.3, -0.25) is 9.59 Å². The van der Waals surface area contributed by atoms with E-state index in [0.717, 1.165) is 15.3 Å². The summed E-state index contributed by atoms with van der Waals surface area (Å²) in [6.45, 7) is 13.9. The van der Waals surface area contributed by atoms with Crippen LogP contribution in [0, 0.1) is 5.41 Å². The van der Waals surface area contributed by atoms with Crippen molar-refractivity contribution in [3.8, 4) is 0 Å². The van der Waals surface area contributed by atoms with Crippen molar-refractivity contribution >= 4 is 57.7 Å². The lowest BCUT2D eigenvalue weighted by Gasteiger charge is -2.30. The van der Waals surface area contributed by atoms with Crippen molar-refractivity contribution in [1.82, 2.24) is 4.90 Å². The number of thioether (sulfide) groups is 1. The van der Waals surface area contributed by atoms with Gasteiger partial charge in [-0.05, 0) is 63.3 Å². The number of rotatable bonds is 7. The van der Waals surface area contributed by atoms with Gasteiger partial charge in [0, 0.05) is 28.4 Å². The van der Waals surface area contributed by atoms with E-state index in [9.17, 15) is 19.2 Å². The van der Waals surface area contributed by atoms with Gasteiger partial charge in [-0.2, -0.15) is 0 Å². The van der Waals surface area contributed by atoms with Gasteiger partial charge in [0.2, 0.25) is 11.8 Å². The molecule has 0 spiro atoms. The standard InChI is InChI=1S/C29H39N3O6S2/c1-17(39-19-11-9-10-18(14-19)30-22(33)15-28(2,3)4)24(34)31-25-23(26(35)37-8)20-12-13-32(16-21(20)40-25)27(36)38-29(5,6)7/h9-11,14,17H,12-13,15-16H2,1-8H3,(H,30,33)(H,31,34). The Morgan fingerprint density at radius 1 is 1.10 bits per heavy atom. The Morgan fingerprint density at radius 3 is 2.42 bits per heavy atom. The Bertz CT molecular complexity index is 1280. The normalized spacial score (nSPS) is 14.2. The van der Waals surface area contributed by atoms with Crippen molar-refractivity contribution in [2.45, 2.75) is 83.6 Å². The molecule has 1 unspecified atom stereocenters. The maximum absolute atomic E-state index is 13.2. The van der Waals surface area contributed by atoms with Crippen LogP contribution in [0.2, 0.25) is 0 Å². The third-order valence-electron chi connectivity index (χ3n) is 5.83. The minimum Gasteiger partial charge on any atom is -0.465 e. The number of thiophene rings is 1. The molecule has 2 aromatic rings. The summed E-state index contributed by atoms with van der Waals surface area (Å²) in [7, 11) is 1.31. The molecule has 1 aromatic carbocycles. The highest BCUT2D eigenvalue weighted by molar-refractivity contribution is 8.00. The summed E-state index contributed by atoms with van der Waals surface area (Å²) in [5.74, 6) is -0.875. The summed E-state index contributed by atoms with van der Waals surface area (Å²) >= 11 is 2.62. The zero-order chi connectivity index (χ0) is 29.8. The number of ether oxygens (including phenoxy) is 2. The number of amides is 3. The molecule has 2 heterocycles. The third kappa shape index (κ3) is 8.72. The first kappa shape index (κ1) is 31.5. The molecule has 0 radical (unpaired) electrons. The van der Waals surface area contributed by atoms with E-state index in [-0.39, 0.29) is 23.8 Å². The van der Waals surface area contributed by atoms with Gasteiger partial charge < -0.3 is 25.0 Å². The van der Waals surface area contributed by atoms with Gasteiger partial charge >= 0.3 is 12.1 Å². The van der Waals surface area contributed by atoms with Crippen LogP contribution in [0.4, 0.5) is 15.5 Å². The summed E-state index contributed by atoms with van der Waals surface area (Å²) in [5.41, 5.74) is 1.04. The SMILES string of the molecule is COC(=O)c1c(NC(=O)C(C)Sc2cccc(NC(=O)CC(C)(C)C)c2)sc2c1CCN(C(=O)OC(C)(C)C)C2. The second-order valence-electron chi connectivity index (χ2n) is 11.9. The van der Waals surface area contributed by atoms with Crippen molar-refractivity contribution in [2.75, 3.05) is 24.3 Å².